The number of carbonyl (C=O) groups is 1. The molecule has 2 rings (SSSR count). The molecule has 1 amide bonds. The SMILES string of the molecule is O=C(CCc1ccc(O)c(Cl)c1)N1CCNCC1. The summed E-state index contributed by atoms with van der Waals surface area (Å²) in [4.78, 5) is 13.8. The second-order valence-electron chi connectivity index (χ2n) is 4.42. The van der Waals surface area contributed by atoms with Crippen LogP contribution in [0, 0.1) is 0 Å². The number of piperazine rings is 1. The van der Waals surface area contributed by atoms with Crippen LogP contribution < -0.4 is 5.32 Å². The number of rotatable bonds is 3. The van der Waals surface area contributed by atoms with E-state index >= 15 is 0 Å². The number of benzene rings is 1. The molecule has 1 aliphatic heterocycles. The summed E-state index contributed by atoms with van der Waals surface area (Å²) in [6.07, 6.45) is 1.14. The minimum Gasteiger partial charge on any atom is -0.506 e. The smallest absolute Gasteiger partial charge is 0.222 e. The predicted molar refractivity (Wildman–Crippen MR) is 70.9 cm³/mol. The van der Waals surface area contributed by atoms with Crippen LogP contribution >= 0.6 is 11.6 Å². The Balaban J connectivity index is 1.86. The van der Waals surface area contributed by atoms with Crippen LogP contribution in [0.1, 0.15) is 12.0 Å². The summed E-state index contributed by atoms with van der Waals surface area (Å²) in [5.41, 5.74) is 0.973. The number of halogens is 1. The van der Waals surface area contributed by atoms with Gasteiger partial charge in [-0.3, -0.25) is 4.79 Å². The van der Waals surface area contributed by atoms with Crippen molar-refractivity contribution >= 4 is 17.5 Å². The predicted octanol–water partition coefficient (Wildman–Crippen LogP) is 1.41. The minimum absolute atomic E-state index is 0.0776. The number of hydrogen-bond donors (Lipinski definition) is 2. The van der Waals surface area contributed by atoms with Crippen LogP contribution in [-0.2, 0) is 11.2 Å². The summed E-state index contributed by atoms with van der Waals surface area (Å²) < 4.78 is 0. The number of amides is 1. The van der Waals surface area contributed by atoms with Crippen molar-refractivity contribution in [1.29, 1.82) is 0 Å². The van der Waals surface area contributed by atoms with Gasteiger partial charge in [0.15, 0.2) is 0 Å². The van der Waals surface area contributed by atoms with Crippen molar-refractivity contribution in [2.45, 2.75) is 12.8 Å². The Morgan fingerprint density at radius 3 is 2.78 bits per heavy atom. The summed E-state index contributed by atoms with van der Waals surface area (Å²) >= 11 is 5.82. The van der Waals surface area contributed by atoms with Crippen molar-refractivity contribution < 1.29 is 9.90 Å². The average molecular weight is 269 g/mol. The number of hydrogen-bond acceptors (Lipinski definition) is 3. The number of aromatic hydroxyl groups is 1. The molecule has 1 fully saturated rings. The van der Waals surface area contributed by atoms with Crippen molar-refractivity contribution in [3.05, 3.63) is 28.8 Å². The molecule has 1 heterocycles. The van der Waals surface area contributed by atoms with Crippen LogP contribution in [0.3, 0.4) is 0 Å². The lowest BCUT2D eigenvalue weighted by Gasteiger charge is -2.27. The number of nitrogens with zero attached hydrogens (tertiary/aromatic N) is 1. The Hall–Kier alpha value is -1.26. The Labute approximate surface area is 112 Å². The van der Waals surface area contributed by atoms with Gasteiger partial charge in [0, 0.05) is 32.6 Å². The van der Waals surface area contributed by atoms with E-state index in [0.717, 1.165) is 31.7 Å². The molecule has 1 aromatic carbocycles. The summed E-state index contributed by atoms with van der Waals surface area (Å²) in [5, 5.41) is 12.9. The lowest BCUT2D eigenvalue weighted by molar-refractivity contribution is -0.131. The minimum atomic E-state index is 0.0776. The van der Waals surface area contributed by atoms with Gasteiger partial charge in [0.2, 0.25) is 5.91 Å². The van der Waals surface area contributed by atoms with Crippen LogP contribution in [0.4, 0.5) is 0 Å². The third-order valence-corrected chi connectivity index (χ3v) is 3.41. The first-order valence-electron chi connectivity index (χ1n) is 6.13. The normalized spacial score (nSPS) is 15.7. The van der Waals surface area contributed by atoms with E-state index in [9.17, 15) is 9.90 Å². The average Bonchev–Trinajstić information content (AvgIpc) is 2.41. The molecule has 0 spiro atoms. The van der Waals surface area contributed by atoms with Gasteiger partial charge in [-0.15, -0.1) is 0 Å². The van der Waals surface area contributed by atoms with Crippen LogP contribution in [-0.4, -0.2) is 42.1 Å². The van der Waals surface area contributed by atoms with E-state index in [2.05, 4.69) is 5.32 Å². The van der Waals surface area contributed by atoms with Crippen molar-refractivity contribution in [3.8, 4) is 5.75 Å². The zero-order chi connectivity index (χ0) is 13.0. The summed E-state index contributed by atoms with van der Waals surface area (Å²) in [6, 6.07) is 5.07. The fourth-order valence-electron chi connectivity index (χ4n) is 2.03. The summed E-state index contributed by atoms with van der Waals surface area (Å²) in [7, 11) is 0. The van der Waals surface area contributed by atoms with Gasteiger partial charge in [0.1, 0.15) is 5.75 Å². The fourth-order valence-corrected chi connectivity index (χ4v) is 2.23. The van der Waals surface area contributed by atoms with Gasteiger partial charge in [-0.2, -0.15) is 0 Å². The second kappa shape index (κ2) is 6.07. The second-order valence-corrected chi connectivity index (χ2v) is 4.82. The molecule has 5 heteroatoms. The molecule has 98 valence electrons. The number of phenolic OH excluding ortho intramolecular Hbond substituents is 1. The van der Waals surface area contributed by atoms with Gasteiger partial charge in [-0.05, 0) is 24.1 Å². The van der Waals surface area contributed by atoms with Gasteiger partial charge in [0.05, 0.1) is 5.02 Å². The largest absolute Gasteiger partial charge is 0.506 e. The Kier molecular flexibility index (Phi) is 4.44. The third-order valence-electron chi connectivity index (χ3n) is 3.11. The summed E-state index contributed by atoms with van der Waals surface area (Å²) in [6.45, 7) is 3.32. The topological polar surface area (TPSA) is 52.6 Å². The molecule has 2 N–H and O–H groups in total. The van der Waals surface area contributed by atoms with Gasteiger partial charge < -0.3 is 15.3 Å². The van der Waals surface area contributed by atoms with E-state index in [1.54, 1.807) is 18.2 Å². The van der Waals surface area contributed by atoms with Gasteiger partial charge in [-0.25, -0.2) is 0 Å². The molecule has 4 nitrogen and oxygen atoms in total. The molecule has 0 unspecified atom stereocenters. The maximum Gasteiger partial charge on any atom is 0.222 e. The number of aryl methyl sites for hydroxylation is 1. The number of nitrogens with one attached hydrogen (secondary N) is 1. The number of carbonyl (C=O) groups excluding carboxylic acids is 1. The molecule has 1 aromatic rings. The van der Waals surface area contributed by atoms with Crippen LogP contribution in [0.25, 0.3) is 0 Å². The third kappa shape index (κ3) is 3.37. The molecule has 0 aliphatic carbocycles. The first-order valence-corrected chi connectivity index (χ1v) is 6.50. The first-order chi connectivity index (χ1) is 8.66. The Morgan fingerprint density at radius 1 is 1.39 bits per heavy atom. The highest BCUT2D eigenvalue weighted by atomic mass is 35.5. The van der Waals surface area contributed by atoms with E-state index in [1.807, 2.05) is 4.90 Å². The first kappa shape index (κ1) is 13.2. The molecule has 1 aliphatic rings. The van der Waals surface area contributed by atoms with Crippen molar-refractivity contribution in [2.75, 3.05) is 26.2 Å². The molecule has 18 heavy (non-hydrogen) atoms. The van der Waals surface area contributed by atoms with E-state index in [4.69, 9.17) is 11.6 Å². The van der Waals surface area contributed by atoms with E-state index in [1.165, 1.54) is 0 Å². The quantitative estimate of drug-likeness (QED) is 0.872. The highest BCUT2D eigenvalue weighted by Crippen LogP contribution is 2.24. The van der Waals surface area contributed by atoms with E-state index < -0.39 is 0 Å². The lowest BCUT2D eigenvalue weighted by Crippen LogP contribution is -2.46. The molecule has 1 saturated heterocycles. The van der Waals surface area contributed by atoms with Crippen LogP contribution in [0.5, 0.6) is 5.75 Å². The van der Waals surface area contributed by atoms with Gasteiger partial charge in [0.25, 0.3) is 0 Å². The standard InChI is InChI=1S/C13H17ClN2O2/c14-11-9-10(1-3-12(11)17)2-4-13(18)16-7-5-15-6-8-16/h1,3,9,15,17H,2,4-8H2. The Morgan fingerprint density at radius 2 is 2.11 bits per heavy atom. The van der Waals surface area contributed by atoms with Gasteiger partial charge >= 0.3 is 0 Å². The molecule has 0 atom stereocenters. The van der Waals surface area contributed by atoms with E-state index in [0.29, 0.717) is 17.9 Å². The van der Waals surface area contributed by atoms with E-state index in [-0.39, 0.29) is 11.7 Å². The highest BCUT2D eigenvalue weighted by molar-refractivity contribution is 6.32. The molecule has 0 bridgehead atoms. The lowest BCUT2D eigenvalue weighted by atomic mass is 10.1. The molecule has 0 aromatic heterocycles. The Bertz CT molecular complexity index is 431. The number of phenols is 1. The fraction of sp³-hybridized carbons (Fsp3) is 0.462. The molecule has 0 saturated carbocycles. The molecular formula is C13H17ClN2O2. The zero-order valence-electron chi connectivity index (χ0n) is 10.2. The molecule has 0 radical (unpaired) electrons. The van der Waals surface area contributed by atoms with Crippen molar-refractivity contribution in [2.24, 2.45) is 0 Å². The highest BCUT2D eigenvalue weighted by Gasteiger charge is 2.15. The van der Waals surface area contributed by atoms with Gasteiger partial charge in [-0.1, -0.05) is 17.7 Å². The maximum absolute atomic E-state index is 11.9. The monoisotopic (exact) mass is 268 g/mol. The molecular weight excluding hydrogens is 252 g/mol. The maximum atomic E-state index is 11.9. The van der Waals surface area contributed by atoms with Crippen molar-refractivity contribution in [1.82, 2.24) is 10.2 Å². The van der Waals surface area contributed by atoms with Crippen molar-refractivity contribution in [3.63, 3.8) is 0 Å². The summed E-state index contributed by atoms with van der Waals surface area (Å²) in [5.74, 6) is 0.259. The van der Waals surface area contributed by atoms with Crippen LogP contribution in [0.2, 0.25) is 5.02 Å². The van der Waals surface area contributed by atoms with Crippen LogP contribution in [0.15, 0.2) is 18.2 Å². The zero-order valence-corrected chi connectivity index (χ0v) is 10.9.